The second kappa shape index (κ2) is 11.1. The van der Waals surface area contributed by atoms with Crippen LogP contribution in [0.1, 0.15) is 86.5 Å². The zero-order chi connectivity index (χ0) is 24.3. The predicted octanol–water partition coefficient (Wildman–Crippen LogP) is 5.18. The maximum Gasteiger partial charge on any atom is 0.220 e. The van der Waals surface area contributed by atoms with E-state index in [9.17, 15) is 14.7 Å². The first-order valence-corrected chi connectivity index (χ1v) is 13.6. The summed E-state index contributed by atoms with van der Waals surface area (Å²) in [5.41, 5.74) is 1.84. The Kier molecular flexibility index (Phi) is 8.90. The van der Waals surface area contributed by atoms with Crippen molar-refractivity contribution in [3.05, 3.63) is 22.6 Å². The lowest BCUT2D eigenvalue weighted by Gasteiger charge is -2.31. The van der Waals surface area contributed by atoms with Gasteiger partial charge in [0.25, 0.3) is 0 Å². The third-order valence-electron chi connectivity index (χ3n) is 7.73. The summed E-state index contributed by atoms with van der Waals surface area (Å²) in [6.07, 6.45) is 7.41. The van der Waals surface area contributed by atoms with Gasteiger partial charge in [0, 0.05) is 29.4 Å². The number of Topliss-reactive ketones (excluding diaryl/α,β-unsaturated/α-hetero) is 1. The van der Waals surface area contributed by atoms with Crippen molar-refractivity contribution in [2.75, 3.05) is 0 Å². The monoisotopic (exact) mass is 477 g/mol. The molecule has 0 saturated carbocycles. The van der Waals surface area contributed by atoms with E-state index >= 15 is 0 Å². The van der Waals surface area contributed by atoms with Gasteiger partial charge in [-0.05, 0) is 49.5 Å². The molecule has 0 aromatic carbocycles. The Balaban J connectivity index is 1.74. The van der Waals surface area contributed by atoms with E-state index in [1.807, 2.05) is 39.5 Å². The van der Waals surface area contributed by atoms with Crippen molar-refractivity contribution >= 4 is 23.5 Å². The molecule has 2 N–H and O–H groups in total. The van der Waals surface area contributed by atoms with Crippen molar-refractivity contribution in [2.45, 2.75) is 116 Å². The van der Waals surface area contributed by atoms with Gasteiger partial charge < -0.3 is 15.2 Å². The summed E-state index contributed by atoms with van der Waals surface area (Å²) in [5, 5.41) is 16.8. The van der Waals surface area contributed by atoms with Crippen molar-refractivity contribution in [1.29, 1.82) is 0 Å². The third-order valence-corrected chi connectivity index (χ3v) is 8.80. The Morgan fingerprint density at radius 3 is 2.61 bits per heavy atom. The standard InChI is InChI=1S/C27H43NO4S/c1-16-8-7-9-22-23(32-22)14-21(17(2)12-20-13-18(3)33-15-20)28-24(29)10-11-27(5,6)26(31)19(4)25(16)30/h12,15-16,18-19,21-23,25,30H,7-11,13-14H2,1-6H3,(H,28,29)/b17-12+/t16?,18-,19-,21?,22?,23?,25+/m1/s1. The Morgan fingerprint density at radius 1 is 1.21 bits per heavy atom. The molecule has 0 bridgehead atoms. The van der Waals surface area contributed by atoms with Gasteiger partial charge in [0.05, 0.1) is 24.4 Å². The number of nitrogens with one attached hydrogen (secondary N) is 1. The molecule has 0 aromatic heterocycles. The summed E-state index contributed by atoms with van der Waals surface area (Å²) in [4.78, 5) is 26.1. The van der Waals surface area contributed by atoms with E-state index in [2.05, 4.69) is 30.6 Å². The highest BCUT2D eigenvalue weighted by atomic mass is 32.2. The zero-order valence-electron chi connectivity index (χ0n) is 21.2. The van der Waals surface area contributed by atoms with Crippen molar-refractivity contribution < 1.29 is 19.4 Å². The van der Waals surface area contributed by atoms with Gasteiger partial charge in [-0.25, -0.2) is 0 Å². The first kappa shape index (κ1) is 26.5. The first-order chi connectivity index (χ1) is 15.5. The number of ether oxygens (including phenoxy) is 1. The summed E-state index contributed by atoms with van der Waals surface area (Å²) >= 11 is 1.86. The normalized spacial score (nSPS) is 38.9. The van der Waals surface area contributed by atoms with Gasteiger partial charge >= 0.3 is 0 Å². The molecule has 3 aliphatic rings. The lowest BCUT2D eigenvalue weighted by Crippen LogP contribution is -2.41. The molecule has 2 saturated heterocycles. The number of thioether (sulfide) groups is 1. The van der Waals surface area contributed by atoms with Crippen molar-refractivity contribution in [3.63, 3.8) is 0 Å². The highest BCUT2D eigenvalue weighted by Gasteiger charge is 2.41. The third kappa shape index (κ3) is 7.19. The van der Waals surface area contributed by atoms with E-state index in [0.717, 1.165) is 32.1 Å². The molecule has 7 atom stereocenters. The number of carbonyl (C=O) groups is 2. The van der Waals surface area contributed by atoms with Crippen LogP contribution in [-0.4, -0.2) is 46.4 Å². The van der Waals surface area contributed by atoms with Gasteiger partial charge in [0.1, 0.15) is 5.78 Å². The Hall–Kier alpha value is -1.11. The Bertz CT molecular complexity index is 789. The highest BCUT2D eigenvalue weighted by molar-refractivity contribution is 8.03. The van der Waals surface area contributed by atoms with E-state index in [-0.39, 0.29) is 35.9 Å². The number of hydrogen-bond donors (Lipinski definition) is 2. The number of aliphatic hydroxyl groups is 1. The van der Waals surface area contributed by atoms with Crippen LogP contribution in [0.4, 0.5) is 0 Å². The van der Waals surface area contributed by atoms with Crippen molar-refractivity contribution in [2.24, 2.45) is 17.3 Å². The molecule has 6 heteroatoms. The lowest BCUT2D eigenvalue weighted by molar-refractivity contribution is -0.136. The average molecular weight is 478 g/mol. The maximum atomic E-state index is 13.1. The first-order valence-electron chi connectivity index (χ1n) is 12.7. The van der Waals surface area contributed by atoms with E-state index in [1.165, 1.54) is 11.1 Å². The van der Waals surface area contributed by atoms with Crippen LogP contribution in [0.25, 0.3) is 0 Å². The minimum Gasteiger partial charge on any atom is -0.392 e. The number of fused-ring (bicyclic) bond motifs is 1. The van der Waals surface area contributed by atoms with Crippen LogP contribution in [0.15, 0.2) is 22.6 Å². The van der Waals surface area contributed by atoms with Gasteiger partial charge in [-0.3, -0.25) is 9.59 Å². The Labute approximate surface area is 204 Å². The largest absolute Gasteiger partial charge is 0.392 e. The summed E-state index contributed by atoms with van der Waals surface area (Å²) in [6.45, 7) is 12.0. The van der Waals surface area contributed by atoms with Crippen LogP contribution >= 0.6 is 11.8 Å². The molecular formula is C27H43NO4S. The number of allylic oxidation sites excluding steroid dienone is 2. The summed E-state index contributed by atoms with van der Waals surface area (Å²) < 4.78 is 5.96. The number of rotatable bonds is 2. The molecular weight excluding hydrogens is 434 g/mol. The summed E-state index contributed by atoms with van der Waals surface area (Å²) in [6, 6.07) is -0.0549. The molecule has 3 rings (SSSR count). The number of hydrogen-bond acceptors (Lipinski definition) is 5. The molecule has 186 valence electrons. The molecule has 0 aliphatic carbocycles. The van der Waals surface area contributed by atoms with E-state index in [0.29, 0.717) is 18.1 Å². The van der Waals surface area contributed by atoms with Crippen LogP contribution in [0, 0.1) is 17.3 Å². The quantitative estimate of drug-likeness (QED) is 0.536. The predicted molar refractivity (Wildman–Crippen MR) is 135 cm³/mol. The number of amides is 1. The molecule has 1 amide bonds. The van der Waals surface area contributed by atoms with E-state index < -0.39 is 17.4 Å². The van der Waals surface area contributed by atoms with Gasteiger partial charge in [-0.1, -0.05) is 52.7 Å². The van der Waals surface area contributed by atoms with Gasteiger partial charge in [0.15, 0.2) is 0 Å². The minimum atomic E-state index is -0.655. The van der Waals surface area contributed by atoms with E-state index in [4.69, 9.17) is 4.74 Å². The van der Waals surface area contributed by atoms with Crippen LogP contribution in [0.2, 0.25) is 0 Å². The second-order valence-electron chi connectivity index (χ2n) is 11.2. The molecule has 3 aliphatic heterocycles. The van der Waals surface area contributed by atoms with Crippen LogP contribution in [0.3, 0.4) is 0 Å². The smallest absolute Gasteiger partial charge is 0.220 e. The molecule has 3 heterocycles. The van der Waals surface area contributed by atoms with E-state index in [1.54, 1.807) is 0 Å². The number of aliphatic hydroxyl groups excluding tert-OH is 1. The van der Waals surface area contributed by atoms with Crippen molar-refractivity contribution in [1.82, 2.24) is 5.32 Å². The van der Waals surface area contributed by atoms with Crippen LogP contribution in [-0.2, 0) is 14.3 Å². The fraction of sp³-hybridized carbons (Fsp3) is 0.778. The number of epoxide rings is 1. The Morgan fingerprint density at radius 2 is 1.94 bits per heavy atom. The molecule has 33 heavy (non-hydrogen) atoms. The fourth-order valence-electron chi connectivity index (χ4n) is 5.24. The van der Waals surface area contributed by atoms with Crippen molar-refractivity contribution in [3.8, 4) is 0 Å². The summed E-state index contributed by atoms with van der Waals surface area (Å²) in [5.74, 6) is -0.359. The molecule has 0 aromatic rings. The second-order valence-corrected chi connectivity index (χ2v) is 12.5. The maximum absolute atomic E-state index is 13.1. The molecule has 0 spiro atoms. The fourth-order valence-corrected chi connectivity index (χ4v) is 6.10. The zero-order valence-corrected chi connectivity index (χ0v) is 22.0. The number of carbonyl (C=O) groups excluding carboxylic acids is 2. The topological polar surface area (TPSA) is 78.9 Å². The molecule has 0 radical (unpaired) electrons. The van der Waals surface area contributed by atoms with Gasteiger partial charge in [-0.2, -0.15) is 0 Å². The average Bonchev–Trinajstić information content (AvgIpc) is 3.37. The highest BCUT2D eigenvalue weighted by Crippen LogP contribution is 2.36. The molecule has 4 unspecified atom stereocenters. The number of ketones is 1. The summed E-state index contributed by atoms with van der Waals surface area (Å²) in [7, 11) is 0. The SMILES string of the molecule is C/C(=C\C1=CS[C@H](C)C1)C1CC2OC2CCCC(C)[C@H](O)[C@@H](C)C(=O)C(C)(C)CCC(=O)N1. The lowest BCUT2D eigenvalue weighted by atomic mass is 9.74. The van der Waals surface area contributed by atoms with Gasteiger partial charge in [0.2, 0.25) is 5.91 Å². The van der Waals surface area contributed by atoms with Crippen LogP contribution < -0.4 is 5.32 Å². The van der Waals surface area contributed by atoms with Gasteiger partial charge in [-0.15, -0.1) is 11.8 Å². The minimum absolute atomic E-state index is 0.0253. The molecule has 5 nitrogen and oxygen atoms in total. The molecule has 2 fully saturated rings. The van der Waals surface area contributed by atoms with Crippen LogP contribution in [0.5, 0.6) is 0 Å².